The quantitative estimate of drug-likeness (QED) is 0.295. The lowest BCUT2D eigenvalue weighted by molar-refractivity contribution is -0.132. The van der Waals surface area contributed by atoms with E-state index in [2.05, 4.69) is 42.6 Å². The number of nitrogens with one attached hydrogen (secondary N) is 1. The monoisotopic (exact) mass is 522 g/mol. The molecule has 0 saturated carbocycles. The van der Waals surface area contributed by atoms with Crippen molar-refractivity contribution < 1.29 is 18.7 Å². The summed E-state index contributed by atoms with van der Waals surface area (Å²) in [4.78, 5) is 27.4. The van der Waals surface area contributed by atoms with E-state index in [1.165, 1.54) is 11.1 Å². The van der Waals surface area contributed by atoms with Gasteiger partial charge in [0.05, 0.1) is 6.04 Å². The third kappa shape index (κ3) is 6.06. The van der Waals surface area contributed by atoms with Gasteiger partial charge in [-0.25, -0.2) is 0 Å². The summed E-state index contributed by atoms with van der Waals surface area (Å²) in [6.07, 6.45) is 1.27. The number of carbonyl (C=O) groups excluding carboxylic acids is 2. The molecule has 0 spiro atoms. The Morgan fingerprint density at radius 1 is 0.974 bits per heavy atom. The second-order valence-corrected chi connectivity index (χ2v) is 10.1. The first kappa shape index (κ1) is 26.3. The fraction of sp³-hybridized carbons (Fsp3) is 0.273. The van der Waals surface area contributed by atoms with Gasteiger partial charge in [0.15, 0.2) is 5.76 Å². The molecule has 4 aromatic rings. The van der Waals surface area contributed by atoms with Crippen LogP contribution in [0.2, 0.25) is 0 Å². The van der Waals surface area contributed by atoms with E-state index in [-0.39, 0.29) is 30.2 Å². The number of hydrogen-bond donors (Lipinski definition) is 1. The summed E-state index contributed by atoms with van der Waals surface area (Å²) in [6.45, 7) is 7.31. The van der Waals surface area contributed by atoms with E-state index in [1.54, 1.807) is 12.1 Å². The molecule has 1 atom stereocenters. The van der Waals surface area contributed by atoms with Crippen LogP contribution < -0.4 is 10.1 Å². The van der Waals surface area contributed by atoms with Gasteiger partial charge in [0.2, 0.25) is 5.91 Å². The van der Waals surface area contributed by atoms with E-state index in [9.17, 15) is 9.59 Å². The summed E-state index contributed by atoms with van der Waals surface area (Å²) in [6, 6.07) is 25.8. The van der Waals surface area contributed by atoms with Crippen molar-refractivity contribution in [1.29, 1.82) is 0 Å². The summed E-state index contributed by atoms with van der Waals surface area (Å²) < 4.78 is 11.9. The van der Waals surface area contributed by atoms with Crippen LogP contribution in [0.1, 0.15) is 69.1 Å². The number of rotatable bonds is 8. The van der Waals surface area contributed by atoms with Gasteiger partial charge in [-0.2, -0.15) is 0 Å². The molecule has 0 unspecified atom stereocenters. The van der Waals surface area contributed by atoms with Crippen molar-refractivity contribution in [3.05, 3.63) is 124 Å². The third-order valence-corrected chi connectivity index (χ3v) is 7.16. The molecule has 2 amide bonds. The lowest BCUT2D eigenvalue weighted by Crippen LogP contribution is -2.40. The second-order valence-electron chi connectivity index (χ2n) is 10.1. The summed E-state index contributed by atoms with van der Waals surface area (Å²) in [5.41, 5.74) is 6.76. The van der Waals surface area contributed by atoms with Gasteiger partial charge >= 0.3 is 0 Å². The van der Waals surface area contributed by atoms with Gasteiger partial charge in [0.25, 0.3) is 5.91 Å². The first-order chi connectivity index (χ1) is 18.9. The van der Waals surface area contributed by atoms with Gasteiger partial charge in [-0.3, -0.25) is 9.59 Å². The lowest BCUT2D eigenvalue weighted by Gasteiger charge is -2.38. The maximum Gasteiger partial charge on any atom is 0.287 e. The Hall–Kier alpha value is -4.32. The van der Waals surface area contributed by atoms with Crippen molar-refractivity contribution in [3.8, 4) is 5.75 Å². The van der Waals surface area contributed by atoms with Crippen molar-refractivity contribution in [1.82, 2.24) is 10.2 Å². The van der Waals surface area contributed by atoms with Gasteiger partial charge in [-0.1, -0.05) is 72.6 Å². The Bertz CT molecular complexity index is 1470. The van der Waals surface area contributed by atoms with Crippen LogP contribution in [0, 0.1) is 13.8 Å². The highest BCUT2D eigenvalue weighted by Crippen LogP contribution is 2.37. The summed E-state index contributed by atoms with van der Waals surface area (Å²) in [5.74, 6) is 1.38. The minimum Gasteiger partial charge on any atom is -0.486 e. The first-order valence-electron chi connectivity index (χ1n) is 13.5. The largest absolute Gasteiger partial charge is 0.486 e. The molecule has 1 aliphatic rings. The number of ether oxygens (including phenoxy) is 1. The Balaban J connectivity index is 1.29. The van der Waals surface area contributed by atoms with Crippen LogP contribution in [0.4, 0.5) is 0 Å². The molecular formula is C33H34N2O4. The number of nitrogens with zero attached hydrogens (tertiary/aromatic N) is 1. The summed E-state index contributed by atoms with van der Waals surface area (Å²) >= 11 is 0. The summed E-state index contributed by atoms with van der Waals surface area (Å²) in [7, 11) is 0. The number of aryl methyl sites for hydroxylation is 2. The molecular weight excluding hydrogens is 488 g/mol. The molecule has 1 aliphatic heterocycles. The number of carbonyl (C=O) groups is 2. The van der Waals surface area contributed by atoms with Gasteiger partial charge in [-0.15, -0.1) is 0 Å². The Morgan fingerprint density at radius 3 is 2.56 bits per heavy atom. The number of hydrogen-bond acceptors (Lipinski definition) is 4. The van der Waals surface area contributed by atoms with Crippen LogP contribution in [0.3, 0.4) is 0 Å². The maximum atomic E-state index is 12.9. The molecule has 0 fully saturated rings. The number of furan rings is 1. The van der Waals surface area contributed by atoms with Crippen molar-refractivity contribution in [3.63, 3.8) is 0 Å². The zero-order valence-corrected chi connectivity index (χ0v) is 22.7. The molecule has 6 nitrogen and oxygen atoms in total. The highest BCUT2D eigenvalue weighted by atomic mass is 16.5. The average molecular weight is 523 g/mol. The fourth-order valence-corrected chi connectivity index (χ4v) is 5.09. The minimum absolute atomic E-state index is 0.140. The molecule has 0 saturated heterocycles. The predicted molar refractivity (Wildman–Crippen MR) is 151 cm³/mol. The Morgan fingerprint density at radius 2 is 1.79 bits per heavy atom. The molecule has 39 heavy (non-hydrogen) atoms. The minimum atomic E-state index is -0.266. The molecule has 6 heteroatoms. The van der Waals surface area contributed by atoms with Gasteiger partial charge in [0, 0.05) is 19.5 Å². The SMILES string of the molecule is CCC(=O)N1CCc2ccc(OCc3ccc(C(=O)NCc4cccc(C)c4)o3)cc2[C@@H]1c1ccc(C)cc1. The average Bonchev–Trinajstić information content (AvgIpc) is 3.43. The lowest BCUT2D eigenvalue weighted by atomic mass is 9.87. The Labute approximate surface area is 229 Å². The number of amides is 2. The summed E-state index contributed by atoms with van der Waals surface area (Å²) in [5, 5.41) is 2.90. The van der Waals surface area contributed by atoms with E-state index in [4.69, 9.17) is 9.15 Å². The normalized spacial score (nSPS) is 14.5. The standard InChI is InChI=1S/C33H34N2O4/c1-4-31(36)35-17-16-25-12-13-27(19-29(25)32(35)26-10-8-22(2)9-11-26)38-21-28-14-15-30(39-28)33(37)34-20-24-7-5-6-23(3)18-24/h5-15,18-19,32H,4,16-17,20-21H2,1-3H3,(H,34,37)/t32-/m0/s1. The molecule has 2 heterocycles. The van der Waals surface area contributed by atoms with Crippen molar-refractivity contribution in [2.24, 2.45) is 0 Å². The van der Waals surface area contributed by atoms with E-state index < -0.39 is 0 Å². The molecule has 1 aromatic heterocycles. The molecule has 3 aromatic carbocycles. The second kappa shape index (κ2) is 11.6. The van der Waals surface area contributed by atoms with E-state index in [0.717, 1.165) is 28.7 Å². The molecule has 1 N–H and O–H groups in total. The molecule has 200 valence electrons. The number of benzene rings is 3. The van der Waals surface area contributed by atoms with E-state index in [1.807, 2.05) is 55.1 Å². The highest BCUT2D eigenvalue weighted by molar-refractivity contribution is 5.91. The van der Waals surface area contributed by atoms with Crippen LogP contribution in [-0.2, 0) is 24.4 Å². The van der Waals surface area contributed by atoms with Crippen LogP contribution in [-0.4, -0.2) is 23.3 Å². The third-order valence-electron chi connectivity index (χ3n) is 7.16. The molecule has 0 aliphatic carbocycles. The van der Waals surface area contributed by atoms with Crippen molar-refractivity contribution in [2.75, 3.05) is 6.54 Å². The van der Waals surface area contributed by atoms with Gasteiger partial charge in [-0.05, 0) is 66.8 Å². The first-order valence-corrected chi connectivity index (χ1v) is 13.5. The van der Waals surface area contributed by atoms with Crippen LogP contribution in [0.5, 0.6) is 5.75 Å². The number of fused-ring (bicyclic) bond motifs is 1. The Kier molecular flexibility index (Phi) is 7.82. The van der Waals surface area contributed by atoms with Gasteiger partial charge < -0.3 is 19.4 Å². The molecule has 5 rings (SSSR count). The van der Waals surface area contributed by atoms with Crippen LogP contribution >= 0.6 is 0 Å². The van der Waals surface area contributed by atoms with E-state index >= 15 is 0 Å². The highest BCUT2D eigenvalue weighted by Gasteiger charge is 2.31. The van der Waals surface area contributed by atoms with E-state index in [0.29, 0.717) is 31.0 Å². The van der Waals surface area contributed by atoms with Crippen LogP contribution in [0.25, 0.3) is 0 Å². The smallest absolute Gasteiger partial charge is 0.287 e. The van der Waals surface area contributed by atoms with Crippen LogP contribution in [0.15, 0.2) is 83.3 Å². The van der Waals surface area contributed by atoms with Crippen molar-refractivity contribution >= 4 is 11.8 Å². The van der Waals surface area contributed by atoms with Crippen molar-refractivity contribution in [2.45, 2.75) is 52.8 Å². The zero-order valence-electron chi connectivity index (χ0n) is 22.7. The zero-order chi connectivity index (χ0) is 27.4. The van der Waals surface area contributed by atoms with Gasteiger partial charge in [0.1, 0.15) is 18.1 Å². The predicted octanol–water partition coefficient (Wildman–Crippen LogP) is 6.29. The topological polar surface area (TPSA) is 71.8 Å². The molecule has 0 bridgehead atoms. The maximum absolute atomic E-state index is 12.9. The molecule has 0 radical (unpaired) electrons. The fourth-order valence-electron chi connectivity index (χ4n) is 5.09.